The van der Waals surface area contributed by atoms with Gasteiger partial charge in [0.1, 0.15) is 0 Å². The van der Waals surface area contributed by atoms with Crippen LogP contribution in [-0.2, 0) is 11.2 Å². The molecule has 4 heteroatoms. The number of para-hydroxylation sites is 1. The predicted octanol–water partition coefficient (Wildman–Crippen LogP) is 3.32. The third-order valence-electron chi connectivity index (χ3n) is 4.18. The second-order valence-corrected chi connectivity index (χ2v) is 6.71. The summed E-state index contributed by atoms with van der Waals surface area (Å²) in [6.07, 6.45) is 2.81. The van der Waals surface area contributed by atoms with Crippen LogP contribution in [0.1, 0.15) is 17.7 Å². The fourth-order valence-electron chi connectivity index (χ4n) is 2.94. The molecule has 0 spiro atoms. The van der Waals surface area contributed by atoms with Crippen LogP contribution in [0.25, 0.3) is 0 Å². The number of thiophene rings is 1. The van der Waals surface area contributed by atoms with Crippen LogP contribution >= 0.6 is 11.3 Å². The van der Waals surface area contributed by atoms with E-state index in [1.54, 1.807) is 11.3 Å². The fourth-order valence-corrected chi connectivity index (χ4v) is 3.64. The molecule has 0 unspecified atom stereocenters. The zero-order valence-electron chi connectivity index (χ0n) is 12.7. The Hall–Kier alpha value is -1.65. The maximum Gasteiger partial charge on any atom is 0.230 e. The minimum atomic E-state index is 0.157. The van der Waals surface area contributed by atoms with Crippen LogP contribution in [0.3, 0.4) is 0 Å². The fraction of sp³-hybridized carbons (Fsp3) is 0.389. The third kappa shape index (κ3) is 3.76. The summed E-state index contributed by atoms with van der Waals surface area (Å²) in [6, 6.07) is 14.3. The lowest BCUT2D eigenvalue weighted by atomic mass is 9.96. The van der Waals surface area contributed by atoms with Crippen LogP contribution < -0.4 is 10.2 Å². The predicted molar refractivity (Wildman–Crippen MR) is 92.4 cm³/mol. The molecule has 3 rings (SSSR count). The SMILES string of the molecule is O=C(C1CCNCC1)N(CCc1cccs1)c1ccccc1. The number of carbonyl (C=O) groups is 1. The lowest BCUT2D eigenvalue weighted by Crippen LogP contribution is -2.42. The number of nitrogens with zero attached hydrogens (tertiary/aromatic N) is 1. The number of amides is 1. The topological polar surface area (TPSA) is 32.3 Å². The Balaban J connectivity index is 1.74. The molecule has 0 bridgehead atoms. The van der Waals surface area contributed by atoms with E-state index in [1.165, 1.54) is 4.88 Å². The first kappa shape index (κ1) is 15.3. The highest BCUT2D eigenvalue weighted by atomic mass is 32.1. The van der Waals surface area contributed by atoms with Gasteiger partial charge >= 0.3 is 0 Å². The maximum atomic E-state index is 13.0. The van der Waals surface area contributed by atoms with Gasteiger partial charge in [0.05, 0.1) is 0 Å². The van der Waals surface area contributed by atoms with Gasteiger partial charge in [-0.05, 0) is 55.9 Å². The summed E-state index contributed by atoms with van der Waals surface area (Å²) in [5.74, 6) is 0.439. The third-order valence-corrected chi connectivity index (χ3v) is 5.12. The summed E-state index contributed by atoms with van der Waals surface area (Å²) >= 11 is 1.76. The van der Waals surface area contributed by atoms with Crippen molar-refractivity contribution >= 4 is 22.9 Å². The molecule has 1 amide bonds. The summed E-state index contributed by atoms with van der Waals surface area (Å²) in [7, 11) is 0. The zero-order valence-corrected chi connectivity index (χ0v) is 13.5. The van der Waals surface area contributed by atoms with E-state index in [-0.39, 0.29) is 11.8 Å². The van der Waals surface area contributed by atoms with E-state index in [0.717, 1.165) is 44.6 Å². The first-order chi connectivity index (χ1) is 10.8. The monoisotopic (exact) mass is 314 g/mol. The van der Waals surface area contributed by atoms with E-state index in [2.05, 4.69) is 22.8 Å². The number of hydrogen-bond acceptors (Lipinski definition) is 3. The molecule has 0 aliphatic carbocycles. The molecule has 0 saturated carbocycles. The van der Waals surface area contributed by atoms with Crippen LogP contribution in [0.2, 0.25) is 0 Å². The lowest BCUT2D eigenvalue weighted by molar-refractivity contribution is -0.123. The van der Waals surface area contributed by atoms with Gasteiger partial charge in [-0.3, -0.25) is 4.79 Å². The van der Waals surface area contributed by atoms with E-state index < -0.39 is 0 Å². The highest BCUT2D eigenvalue weighted by Crippen LogP contribution is 2.22. The van der Waals surface area contributed by atoms with Gasteiger partial charge in [0, 0.05) is 23.0 Å². The number of hydrogen-bond donors (Lipinski definition) is 1. The van der Waals surface area contributed by atoms with E-state index in [9.17, 15) is 4.79 Å². The highest BCUT2D eigenvalue weighted by molar-refractivity contribution is 7.09. The first-order valence-electron chi connectivity index (χ1n) is 7.94. The van der Waals surface area contributed by atoms with Crippen LogP contribution in [0.5, 0.6) is 0 Å². The van der Waals surface area contributed by atoms with Crippen molar-refractivity contribution in [1.29, 1.82) is 0 Å². The van der Waals surface area contributed by atoms with E-state index in [1.807, 2.05) is 35.2 Å². The van der Waals surface area contributed by atoms with Crippen LogP contribution in [-0.4, -0.2) is 25.5 Å². The van der Waals surface area contributed by atoms with Crippen molar-refractivity contribution in [3.63, 3.8) is 0 Å². The molecule has 0 radical (unpaired) electrons. The van der Waals surface area contributed by atoms with Crippen LogP contribution in [0.15, 0.2) is 47.8 Å². The first-order valence-corrected chi connectivity index (χ1v) is 8.82. The van der Waals surface area contributed by atoms with E-state index in [0.29, 0.717) is 0 Å². The van der Waals surface area contributed by atoms with Gasteiger partial charge in [0.25, 0.3) is 0 Å². The Morgan fingerprint density at radius 2 is 1.91 bits per heavy atom. The van der Waals surface area contributed by atoms with Crippen LogP contribution in [0, 0.1) is 5.92 Å². The Kier molecular flexibility index (Phi) is 5.24. The zero-order chi connectivity index (χ0) is 15.2. The van der Waals surface area contributed by atoms with Gasteiger partial charge in [-0.1, -0.05) is 24.3 Å². The highest BCUT2D eigenvalue weighted by Gasteiger charge is 2.26. The standard InChI is InChI=1S/C18H22N2OS/c21-18(15-8-11-19-12-9-15)20(16-5-2-1-3-6-16)13-10-17-7-4-14-22-17/h1-7,14-15,19H,8-13H2. The molecular formula is C18H22N2OS. The number of carbonyl (C=O) groups excluding carboxylic acids is 1. The summed E-state index contributed by atoms with van der Waals surface area (Å²) in [5, 5.41) is 5.43. The normalized spacial score (nSPS) is 15.6. The van der Waals surface area contributed by atoms with E-state index >= 15 is 0 Å². The molecule has 1 aliphatic heterocycles. The molecule has 1 aliphatic rings. The number of anilines is 1. The molecule has 1 aromatic carbocycles. The average molecular weight is 314 g/mol. The van der Waals surface area contributed by atoms with Crippen molar-refractivity contribution in [1.82, 2.24) is 5.32 Å². The summed E-state index contributed by atoms with van der Waals surface area (Å²) in [4.78, 5) is 16.3. The number of rotatable bonds is 5. The number of piperidine rings is 1. The van der Waals surface area contributed by atoms with E-state index in [4.69, 9.17) is 0 Å². The number of nitrogens with one attached hydrogen (secondary N) is 1. The molecule has 2 heterocycles. The van der Waals surface area contributed by atoms with Gasteiger partial charge < -0.3 is 10.2 Å². The molecule has 116 valence electrons. The molecule has 1 N–H and O–H groups in total. The largest absolute Gasteiger partial charge is 0.317 e. The Labute approximate surface area is 136 Å². The quantitative estimate of drug-likeness (QED) is 0.918. The van der Waals surface area contributed by atoms with Crippen molar-refractivity contribution in [2.24, 2.45) is 5.92 Å². The molecule has 22 heavy (non-hydrogen) atoms. The second-order valence-electron chi connectivity index (χ2n) is 5.68. The molecule has 1 aromatic heterocycles. The van der Waals surface area contributed by atoms with Crippen LogP contribution in [0.4, 0.5) is 5.69 Å². The van der Waals surface area contributed by atoms with Crippen molar-refractivity contribution in [2.75, 3.05) is 24.5 Å². The van der Waals surface area contributed by atoms with Gasteiger partial charge in [-0.15, -0.1) is 11.3 Å². The molecule has 2 aromatic rings. The average Bonchev–Trinajstić information content (AvgIpc) is 3.10. The summed E-state index contributed by atoms with van der Waals surface area (Å²) in [5.41, 5.74) is 1.02. The van der Waals surface area contributed by atoms with Crippen molar-refractivity contribution in [3.05, 3.63) is 52.7 Å². The van der Waals surface area contributed by atoms with Gasteiger partial charge in [0.2, 0.25) is 5.91 Å². The summed E-state index contributed by atoms with van der Waals surface area (Å²) in [6.45, 7) is 2.65. The lowest BCUT2D eigenvalue weighted by Gasteiger charge is -2.29. The molecule has 1 fully saturated rings. The molecule has 1 saturated heterocycles. The minimum Gasteiger partial charge on any atom is -0.317 e. The van der Waals surface area contributed by atoms with Gasteiger partial charge in [-0.25, -0.2) is 0 Å². The second kappa shape index (κ2) is 7.56. The van der Waals surface area contributed by atoms with Gasteiger partial charge in [-0.2, -0.15) is 0 Å². The van der Waals surface area contributed by atoms with Gasteiger partial charge in [0.15, 0.2) is 0 Å². The van der Waals surface area contributed by atoms with Crippen molar-refractivity contribution in [2.45, 2.75) is 19.3 Å². The van der Waals surface area contributed by atoms with Crippen molar-refractivity contribution in [3.8, 4) is 0 Å². The maximum absolute atomic E-state index is 13.0. The Bertz CT molecular complexity index is 576. The Morgan fingerprint density at radius 3 is 2.59 bits per heavy atom. The minimum absolute atomic E-state index is 0.157. The molecular weight excluding hydrogens is 292 g/mol. The molecule has 0 atom stereocenters. The smallest absolute Gasteiger partial charge is 0.230 e. The van der Waals surface area contributed by atoms with Crippen molar-refractivity contribution < 1.29 is 4.79 Å². The molecule has 3 nitrogen and oxygen atoms in total. The Morgan fingerprint density at radius 1 is 1.14 bits per heavy atom. The number of benzene rings is 1. The summed E-state index contributed by atoms with van der Waals surface area (Å²) < 4.78 is 0.